The molecular formula is C11H14ClNO2. The van der Waals surface area contributed by atoms with Crippen molar-refractivity contribution < 1.29 is 9.84 Å². The van der Waals surface area contributed by atoms with E-state index in [1.54, 1.807) is 12.1 Å². The predicted octanol–water partition coefficient (Wildman–Crippen LogP) is 1.66. The lowest BCUT2D eigenvalue weighted by molar-refractivity contribution is -0.0603. The van der Waals surface area contributed by atoms with E-state index in [2.05, 4.69) is 0 Å². The lowest BCUT2D eigenvalue weighted by Crippen LogP contribution is -2.38. The molecule has 1 heterocycles. The zero-order chi connectivity index (χ0) is 10.7. The summed E-state index contributed by atoms with van der Waals surface area (Å²) in [5.41, 5.74) is 0.876. The van der Waals surface area contributed by atoms with Crippen LogP contribution in [0.1, 0.15) is 11.8 Å². The second-order valence-electron chi connectivity index (χ2n) is 3.57. The van der Waals surface area contributed by atoms with E-state index in [0.717, 1.165) is 18.7 Å². The predicted molar refractivity (Wildman–Crippen MR) is 58.8 cm³/mol. The quantitative estimate of drug-likeness (QED) is 0.834. The van der Waals surface area contributed by atoms with Gasteiger partial charge in [-0.1, -0.05) is 23.7 Å². The van der Waals surface area contributed by atoms with Gasteiger partial charge in [-0.3, -0.25) is 4.90 Å². The summed E-state index contributed by atoms with van der Waals surface area (Å²) in [5.74, 6) is 0. The Bertz CT molecular complexity index is 309. The van der Waals surface area contributed by atoms with E-state index in [4.69, 9.17) is 16.3 Å². The highest BCUT2D eigenvalue weighted by molar-refractivity contribution is 6.30. The fraction of sp³-hybridized carbons (Fsp3) is 0.455. The Kier molecular flexibility index (Phi) is 3.59. The monoisotopic (exact) mass is 227 g/mol. The average Bonchev–Trinajstić information content (AvgIpc) is 2.30. The van der Waals surface area contributed by atoms with Crippen LogP contribution in [-0.2, 0) is 4.74 Å². The molecule has 4 heteroatoms. The van der Waals surface area contributed by atoms with Gasteiger partial charge in [0.05, 0.1) is 13.2 Å². The molecule has 1 aromatic rings. The van der Waals surface area contributed by atoms with Crippen molar-refractivity contribution in [1.29, 1.82) is 0 Å². The number of aliphatic hydroxyl groups excluding tert-OH is 1. The number of aliphatic hydroxyl groups is 1. The summed E-state index contributed by atoms with van der Waals surface area (Å²) in [6, 6.07) is 7.28. The highest BCUT2D eigenvalue weighted by atomic mass is 35.5. The first-order valence-corrected chi connectivity index (χ1v) is 5.40. The van der Waals surface area contributed by atoms with Gasteiger partial charge in [0.15, 0.2) is 0 Å². The van der Waals surface area contributed by atoms with Crippen molar-refractivity contribution >= 4 is 11.6 Å². The lowest BCUT2D eigenvalue weighted by atomic mass is 10.2. The zero-order valence-electron chi connectivity index (χ0n) is 8.40. The molecule has 0 saturated carbocycles. The molecule has 0 bridgehead atoms. The number of benzene rings is 1. The van der Waals surface area contributed by atoms with Crippen LogP contribution in [0.5, 0.6) is 0 Å². The minimum atomic E-state index is -0.550. The summed E-state index contributed by atoms with van der Waals surface area (Å²) in [6.07, 6.45) is -0.550. The van der Waals surface area contributed by atoms with Gasteiger partial charge in [0.1, 0.15) is 6.23 Å². The molecule has 3 nitrogen and oxygen atoms in total. The summed E-state index contributed by atoms with van der Waals surface area (Å²) in [6.45, 7) is 2.91. The number of halogens is 1. The van der Waals surface area contributed by atoms with Crippen molar-refractivity contribution in [3.8, 4) is 0 Å². The normalized spacial score (nSPS) is 20.1. The summed E-state index contributed by atoms with van der Waals surface area (Å²) in [5, 5.41) is 10.8. The Labute approximate surface area is 94.2 Å². The largest absolute Gasteiger partial charge is 0.379 e. The van der Waals surface area contributed by atoms with E-state index in [0.29, 0.717) is 18.2 Å². The second-order valence-corrected chi connectivity index (χ2v) is 4.01. The third-order valence-electron chi connectivity index (χ3n) is 2.56. The van der Waals surface area contributed by atoms with Gasteiger partial charge in [-0.25, -0.2) is 0 Å². The maximum absolute atomic E-state index is 10.1. The molecule has 0 spiro atoms. The molecule has 15 heavy (non-hydrogen) atoms. The molecule has 82 valence electrons. The number of hydrogen-bond acceptors (Lipinski definition) is 3. The minimum absolute atomic E-state index is 0.550. The number of ether oxygens (including phenoxy) is 1. The maximum Gasteiger partial charge on any atom is 0.133 e. The average molecular weight is 228 g/mol. The molecule has 1 fully saturated rings. The SMILES string of the molecule is OC(c1ccc(Cl)cc1)N1CCOCC1. The Balaban J connectivity index is 2.05. The van der Waals surface area contributed by atoms with Crippen molar-refractivity contribution in [3.63, 3.8) is 0 Å². The van der Waals surface area contributed by atoms with Crippen LogP contribution < -0.4 is 0 Å². The van der Waals surface area contributed by atoms with Gasteiger partial charge in [0, 0.05) is 18.1 Å². The number of morpholine rings is 1. The van der Waals surface area contributed by atoms with Crippen LogP contribution >= 0.6 is 11.6 Å². The van der Waals surface area contributed by atoms with Crippen LogP contribution in [0, 0.1) is 0 Å². The van der Waals surface area contributed by atoms with Crippen molar-refractivity contribution in [3.05, 3.63) is 34.9 Å². The summed E-state index contributed by atoms with van der Waals surface area (Å²) < 4.78 is 5.23. The summed E-state index contributed by atoms with van der Waals surface area (Å²) >= 11 is 5.79. The second kappa shape index (κ2) is 4.94. The van der Waals surface area contributed by atoms with Gasteiger partial charge in [-0.05, 0) is 17.7 Å². The molecule has 1 atom stereocenters. The topological polar surface area (TPSA) is 32.7 Å². The minimum Gasteiger partial charge on any atom is -0.379 e. The Morgan fingerprint density at radius 2 is 1.80 bits per heavy atom. The molecule has 1 unspecified atom stereocenters. The van der Waals surface area contributed by atoms with Gasteiger partial charge in [0.25, 0.3) is 0 Å². The first-order chi connectivity index (χ1) is 7.27. The fourth-order valence-electron chi connectivity index (χ4n) is 1.67. The van der Waals surface area contributed by atoms with Crippen molar-refractivity contribution in [1.82, 2.24) is 4.90 Å². The molecular weight excluding hydrogens is 214 g/mol. The van der Waals surface area contributed by atoms with Crippen LogP contribution in [0.25, 0.3) is 0 Å². The molecule has 1 saturated heterocycles. The standard InChI is InChI=1S/C11H14ClNO2/c12-10-3-1-9(2-4-10)11(14)13-5-7-15-8-6-13/h1-4,11,14H,5-8H2. The van der Waals surface area contributed by atoms with Gasteiger partial charge in [0.2, 0.25) is 0 Å². The van der Waals surface area contributed by atoms with Gasteiger partial charge < -0.3 is 9.84 Å². The van der Waals surface area contributed by atoms with E-state index in [-0.39, 0.29) is 0 Å². The Morgan fingerprint density at radius 1 is 1.20 bits per heavy atom. The Hall–Kier alpha value is -0.610. The molecule has 1 aliphatic heterocycles. The molecule has 1 N–H and O–H groups in total. The molecule has 1 aliphatic rings. The lowest BCUT2D eigenvalue weighted by Gasteiger charge is -2.31. The van der Waals surface area contributed by atoms with Gasteiger partial charge >= 0.3 is 0 Å². The first-order valence-electron chi connectivity index (χ1n) is 5.03. The highest BCUT2D eigenvalue weighted by Crippen LogP contribution is 2.20. The smallest absolute Gasteiger partial charge is 0.133 e. The van der Waals surface area contributed by atoms with Crippen LogP contribution in [0.3, 0.4) is 0 Å². The zero-order valence-corrected chi connectivity index (χ0v) is 9.15. The Morgan fingerprint density at radius 3 is 2.40 bits per heavy atom. The fourth-order valence-corrected chi connectivity index (χ4v) is 1.79. The number of nitrogens with zero attached hydrogens (tertiary/aromatic N) is 1. The maximum atomic E-state index is 10.1. The van der Waals surface area contributed by atoms with E-state index in [1.165, 1.54) is 0 Å². The van der Waals surface area contributed by atoms with Crippen LogP contribution in [-0.4, -0.2) is 36.3 Å². The summed E-state index contributed by atoms with van der Waals surface area (Å²) in [4.78, 5) is 1.99. The van der Waals surface area contributed by atoms with Gasteiger partial charge in [-0.2, -0.15) is 0 Å². The van der Waals surface area contributed by atoms with Gasteiger partial charge in [-0.15, -0.1) is 0 Å². The van der Waals surface area contributed by atoms with E-state index < -0.39 is 6.23 Å². The molecule has 1 aromatic carbocycles. The highest BCUT2D eigenvalue weighted by Gasteiger charge is 2.19. The van der Waals surface area contributed by atoms with Crippen LogP contribution in [0.2, 0.25) is 5.02 Å². The summed E-state index contributed by atoms with van der Waals surface area (Å²) in [7, 11) is 0. The third-order valence-corrected chi connectivity index (χ3v) is 2.81. The van der Waals surface area contributed by atoms with Crippen molar-refractivity contribution in [2.75, 3.05) is 26.3 Å². The first kappa shape index (κ1) is 10.9. The van der Waals surface area contributed by atoms with Crippen LogP contribution in [0.4, 0.5) is 0 Å². The molecule has 0 aromatic heterocycles. The molecule has 0 aliphatic carbocycles. The number of hydrogen-bond donors (Lipinski definition) is 1. The van der Waals surface area contributed by atoms with E-state index in [9.17, 15) is 5.11 Å². The third kappa shape index (κ3) is 2.69. The van der Waals surface area contributed by atoms with E-state index in [1.807, 2.05) is 17.0 Å². The van der Waals surface area contributed by atoms with E-state index >= 15 is 0 Å². The van der Waals surface area contributed by atoms with Crippen molar-refractivity contribution in [2.24, 2.45) is 0 Å². The van der Waals surface area contributed by atoms with Crippen LogP contribution in [0.15, 0.2) is 24.3 Å². The molecule has 0 amide bonds. The molecule has 2 rings (SSSR count). The number of rotatable bonds is 2. The van der Waals surface area contributed by atoms with Crippen molar-refractivity contribution in [2.45, 2.75) is 6.23 Å². The molecule has 0 radical (unpaired) electrons.